The molecule has 0 radical (unpaired) electrons. The van der Waals surface area contributed by atoms with Gasteiger partial charge in [0.15, 0.2) is 0 Å². The molecule has 0 atom stereocenters. The summed E-state index contributed by atoms with van der Waals surface area (Å²) in [5, 5.41) is 3.32. The van der Waals surface area contributed by atoms with Gasteiger partial charge in [-0.05, 0) is 47.4 Å². The van der Waals surface area contributed by atoms with E-state index in [1.807, 2.05) is 51.9 Å². The summed E-state index contributed by atoms with van der Waals surface area (Å²) in [6, 6.07) is 21.3. The maximum Gasteiger partial charge on any atom is 0.271 e. The lowest BCUT2D eigenvalue weighted by Crippen LogP contribution is -2.46. The lowest BCUT2D eigenvalue weighted by Gasteiger charge is -2.28. The number of aromatic nitrogens is 1. The van der Waals surface area contributed by atoms with Gasteiger partial charge in [0, 0.05) is 44.4 Å². The monoisotopic (exact) mass is 463 g/mol. The molecule has 4 aromatic rings. The Bertz CT molecular complexity index is 1280. The fourth-order valence-electron chi connectivity index (χ4n) is 4.64. The molecule has 0 saturated carbocycles. The highest BCUT2D eigenvalue weighted by molar-refractivity contribution is 6.01. The third-order valence-electron chi connectivity index (χ3n) is 6.36. The number of halogens is 2. The van der Waals surface area contributed by atoms with E-state index in [1.54, 1.807) is 13.0 Å². The molecule has 1 aliphatic heterocycles. The molecule has 3 heterocycles. The van der Waals surface area contributed by atoms with E-state index in [4.69, 9.17) is 0 Å². The highest BCUT2D eigenvalue weighted by atomic mass is 35.5. The number of amides is 1. The Labute approximate surface area is 199 Å². The molecule has 0 unspecified atom stereocenters. The highest BCUT2D eigenvalue weighted by Crippen LogP contribution is 2.36. The molecule has 0 spiro atoms. The van der Waals surface area contributed by atoms with Crippen molar-refractivity contribution >= 4 is 23.8 Å². The minimum atomic E-state index is -0.220. The van der Waals surface area contributed by atoms with Crippen LogP contribution in [0.4, 0.5) is 4.39 Å². The zero-order chi connectivity index (χ0) is 22.1. The number of rotatable bonds is 4. The second-order valence-electron chi connectivity index (χ2n) is 8.27. The normalized spacial score (nSPS) is 13.7. The van der Waals surface area contributed by atoms with Gasteiger partial charge in [0.2, 0.25) is 0 Å². The SMILES string of the molecule is Cc1c(F)cccc1Cc1c(-c2ccccc2)c2ccccn2c1C(=O)N1CCNCC1.Cl. The molecule has 1 saturated heterocycles. The first-order valence-corrected chi connectivity index (χ1v) is 11.1. The van der Waals surface area contributed by atoms with Gasteiger partial charge in [-0.3, -0.25) is 4.79 Å². The Morgan fingerprint density at radius 2 is 1.70 bits per heavy atom. The van der Waals surface area contributed by atoms with Crippen LogP contribution >= 0.6 is 12.4 Å². The fourth-order valence-corrected chi connectivity index (χ4v) is 4.64. The Morgan fingerprint density at radius 3 is 2.45 bits per heavy atom. The van der Waals surface area contributed by atoms with Crippen LogP contribution in [-0.2, 0) is 6.42 Å². The van der Waals surface area contributed by atoms with Gasteiger partial charge in [-0.2, -0.15) is 0 Å². The van der Waals surface area contributed by atoms with Crippen molar-refractivity contribution in [1.29, 1.82) is 0 Å². The quantitative estimate of drug-likeness (QED) is 0.456. The summed E-state index contributed by atoms with van der Waals surface area (Å²) in [6.07, 6.45) is 2.45. The molecule has 0 bridgehead atoms. The average Bonchev–Trinajstić information content (AvgIpc) is 3.16. The minimum absolute atomic E-state index is 0. The van der Waals surface area contributed by atoms with Gasteiger partial charge in [-0.25, -0.2) is 4.39 Å². The molecule has 1 aliphatic rings. The third-order valence-corrected chi connectivity index (χ3v) is 6.36. The number of piperazine rings is 1. The van der Waals surface area contributed by atoms with Gasteiger partial charge in [0.25, 0.3) is 5.91 Å². The van der Waals surface area contributed by atoms with Crippen LogP contribution in [0.15, 0.2) is 72.9 Å². The fraction of sp³-hybridized carbons (Fsp3) is 0.222. The van der Waals surface area contributed by atoms with Crippen LogP contribution in [0, 0.1) is 12.7 Å². The predicted molar refractivity (Wildman–Crippen MR) is 133 cm³/mol. The van der Waals surface area contributed by atoms with Crippen molar-refractivity contribution in [3.8, 4) is 11.1 Å². The van der Waals surface area contributed by atoms with Gasteiger partial charge in [-0.15, -0.1) is 12.4 Å². The van der Waals surface area contributed by atoms with E-state index in [-0.39, 0.29) is 24.1 Å². The second-order valence-corrected chi connectivity index (χ2v) is 8.27. The zero-order valence-electron chi connectivity index (χ0n) is 18.6. The average molecular weight is 464 g/mol. The number of nitrogens with one attached hydrogen (secondary N) is 1. The van der Waals surface area contributed by atoms with Gasteiger partial charge in [-0.1, -0.05) is 48.5 Å². The summed E-state index contributed by atoms with van der Waals surface area (Å²) in [7, 11) is 0. The van der Waals surface area contributed by atoms with Crippen LogP contribution in [0.25, 0.3) is 16.6 Å². The van der Waals surface area contributed by atoms with Crippen LogP contribution in [0.3, 0.4) is 0 Å². The van der Waals surface area contributed by atoms with Crippen molar-refractivity contribution in [2.75, 3.05) is 26.2 Å². The highest BCUT2D eigenvalue weighted by Gasteiger charge is 2.28. The molecule has 2 aromatic heterocycles. The first-order chi connectivity index (χ1) is 15.6. The molecule has 170 valence electrons. The number of benzene rings is 2. The summed E-state index contributed by atoms with van der Waals surface area (Å²) in [5.74, 6) is -0.193. The van der Waals surface area contributed by atoms with Crippen LogP contribution in [0.5, 0.6) is 0 Å². The number of carbonyl (C=O) groups excluding carboxylic acids is 1. The summed E-state index contributed by atoms with van der Waals surface area (Å²) in [4.78, 5) is 15.7. The third kappa shape index (κ3) is 4.26. The number of nitrogens with zero attached hydrogens (tertiary/aromatic N) is 2. The molecular formula is C27H27ClFN3O. The molecule has 0 aliphatic carbocycles. The summed E-state index contributed by atoms with van der Waals surface area (Å²) in [5.41, 5.74) is 6.22. The molecule has 4 nitrogen and oxygen atoms in total. The number of fused-ring (bicyclic) bond motifs is 1. The Kier molecular flexibility index (Phi) is 6.82. The number of hydrogen-bond acceptors (Lipinski definition) is 2. The predicted octanol–water partition coefficient (Wildman–Crippen LogP) is 5.11. The summed E-state index contributed by atoms with van der Waals surface area (Å²) >= 11 is 0. The molecule has 2 aromatic carbocycles. The molecule has 5 rings (SSSR count). The van der Waals surface area contributed by atoms with Crippen LogP contribution in [0.2, 0.25) is 0 Å². The van der Waals surface area contributed by atoms with Gasteiger partial charge < -0.3 is 14.6 Å². The molecule has 6 heteroatoms. The Morgan fingerprint density at radius 1 is 0.970 bits per heavy atom. The van der Waals surface area contributed by atoms with E-state index in [0.29, 0.717) is 30.8 Å². The molecular weight excluding hydrogens is 437 g/mol. The van der Waals surface area contributed by atoms with E-state index in [2.05, 4.69) is 23.5 Å². The van der Waals surface area contributed by atoms with E-state index in [1.165, 1.54) is 6.07 Å². The molecule has 1 amide bonds. The Hall–Kier alpha value is -3.15. The lowest BCUT2D eigenvalue weighted by atomic mass is 9.93. The van der Waals surface area contributed by atoms with Gasteiger partial charge >= 0.3 is 0 Å². The maximum atomic E-state index is 14.4. The van der Waals surface area contributed by atoms with Crippen molar-refractivity contribution in [1.82, 2.24) is 14.6 Å². The van der Waals surface area contributed by atoms with E-state index in [0.717, 1.165) is 40.9 Å². The largest absolute Gasteiger partial charge is 0.335 e. The number of carbonyl (C=O) groups is 1. The standard InChI is InChI=1S/C27H26FN3O.ClH/c1-19-21(10-7-11-23(19)28)18-22-25(20-8-3-2-4-9-20)24-12-5-6-15-31(24)26(22)27(32)30-16-13-29-14-17-30;/h2-12,15,29H,13-14,16-18H2,1H3;1H. The maximum absolute atomic E-state index is 14.4. The molecule has 1 fully saturated rings. The van der Waals surface area contributed by atoms with Crippen LogP contribution in [0.1, 0.15) is 27.2 Å². The van der Waals surface area contributed by atoms with Crippen molar-refractivity contribution < 1.29 is 9.18 Å². The summed E-state index contributed by atoms with van der Waals surface area (Å²) in [6.45, 7) is 4.74. The lowest BCUT2D eigenvalue weighted by molar-refractivity contribution is 0.0728. The molecule has 1 N–H and O–H groups in total. The van der Waals surface area contributed by atoms with Gasteiger partial charge in [0.05, 0.1) is 5.52 Å². The summed E-state index contributed by atoms with van der Waals surface area (Å²) < 4.78 is 16.4. The van der Waals surface area contributed by atoms with Crippen molar-refractivity contribution in [2.45, 2.75) is 13.3 Å². The molecule has 33 heavy (non-hydrogen) atoms. The van der Waals surface area contributed by atoms with Crippen molar-refractivity contribution in [3.63, 3.8) is 0 Å². The number of pyridine rings is 1. The smallest absolute Gasteiger partial charge is 0.271 e. The first kappa shape index (κ1) is 23.0. The van der Waals surface area contributed by atoms with E-state index in [9.17, 15) is 9.18 Å². The number of hydrogen-bond donors (Lipinski definition) is 1. The second kappa shape index (κ2) is 9.77. The topological polar surface area (TPSA) is 36.8 Å². The van der Waals surface area contributed by atoms with E-state index < -0.39 is 0 Å². The van der Waals surface area contributed by atoms with Crippen molar-refractivity contribution in [2.24, 2.45) is 0 Å². The minimum Gasteiger partial charge on any atom is -0.335 e. The zero-order valence-corrected chi connectivity index (χ0v) is 19.4. The van der Waals surface area contributed by atoms with Crippen LogP contribution < -0.4 is 5.32 Å². The first-order valence-electron chi connectivity index (χ1n) is 11.1. The van der Waals surface area contributed by atoms with Crippen molar-refractivity contribution in [3.05, 3.63) is 101 Å². The van der Waals surface area contributed by atoms with Crippen LogP contribution in [-0.4, -0.2) is 41.4 Å². The van der Waals surface area contributed by atoms with Gasteiger partial charge in [0.1, 0.15) is 11.5 Å². The Balaban J connectivity index is 0.00000259. The van der Waals surface area contributed by atoms with E-state index >= 15 is 0 Å².